The minimum Gasteiger partial charge on any atom is -0.489 e. The molecule has 0 unspecified atom stereocenters. The molecule has 2 heterocycles. The quantitative estimate of drug-likeness (QED) is 0.158. The summed E-state index contributed by atoms with van der Waals surface area (Å²) in [4.78, 5) is 9.90. The highest BCUT2D eigenvalue weighted by molar-refractivity contribution is 8.00. The highest BCUT2D eigenvalue weighted by atomic mass is 35.5. The fourth-order valence-electron chi connectivity index (χ4n) is 4.53. The first kappa shape index (κ1) is 32.7. The number of halogens is 1. The molecule has 3 N–H and O–H groups in total. The molecule has 0 radical (unpaired) electrons. The van der Waals surface area contributed by atoms with Crippen molar-refractivity contribution in [1.29, 1.82) is 0 Å². The number of hydrogen-bond donors (Lipinski definition) is 3. The van der Waals surface area contributed by atoms with Crippen LogP contribution >= 0.6 is 23.4 Å². The van der Waals surface area contributed by atoms with E-state index in [0.29, 0.717) is 22.9 Å². The Balaban J connectivity index is 0.00000226. The van der Waals surface area contributed by atoms with E-state index in [1.165, 1.54) is 17.3 Å². The van der Waals surface area contributed by atoms with Crippen LogP contribution in [0.15, 0.2) is 53.6 Å². The van der Waals surface area contributed by atoms with Gasteiger partial charge in [-0.15, -0.1) is 11.8 Å². The molecule has 1 aliphatic heterocycles. The number of para-hydroxylation sites is 1. The Morgan fingerprint density at radius 1 is 1.20 bits per heavy atom. The van der Waals surface area contributed by atoms with Gasteiger partial charge in [-0.3, -0.25) is 5.21 Å². The van der Waals surface area contributed by atoms with Crippen LogP contribution < -0.4 is 20.4 Å². The number of thioether (sulfide) groups is 1. The van der Waals surface area contributed by atoms with Crippen molar-refractivity contribution in [3.8, 4) is 5.75 Å². The van der Waals surface area contributed by atoms with E-state index in [4.69, 9.17) is 16.3 Å². The number of rotatable bonds is 10. The standard InChI is InChI=1S/C30H38ClN5O2S.C2H6/c1-7-22-15-21(12-13-32-22)23-16-27(38-18(2)3)25(14-20(23)6)34-30-33-17-24(31)29(35-30)36(37)26-10-8-9-11-28(26)39-19(4)5;1-2/h8-11,14-19,22,32,37H,7,12-13H2,1-6H3,(H,33,34,35);1-2H3/t22-;/m0./s1. The first-order valence-electron chi connectivity index (χ1n) is 14.5. The molecular formula is C32H44ClN5O2S. The van der Waals surface area contributed by atoms with Gasteiger partial charge in [0.15, 0.2) is 5.82 Å². The van der Waals surface area contributed by atoms with Crippen LogP contribution in [-0.2, 0) is 0 Å². The summed E-state index contributed by atoms with van der Waals surface area (Å²) >= 11 is 8.12. The lowest BCUT2D eigenvalue weighted by Crippen LogP contribution is -2.31. The van der Waals surface area contributed by atoms with Crippen LogP contribution in [0.25, 0.3) is 5.57 Å². The Hall–Kier alpha value is -2.78. The third-order valence-electron chi connectivity index (χ3n) is 6.31. The Morgan fingerprint density at radius 3 is 2.61 bits per heavy atom. The maximum atomic E-state index is 11.2. The minimum atomic E-state index is -0.0175. The number of nitrogens with zero attached hydrogens (tertiary/aromatic N) is 3. The molecule has 1 aromatic heterocycles. The second-order valence-corrected chi connectivity index (χ2v) is 12.2. The average molecular weight is 598 g/mol. The zero-order chi connectivity index (χ0) is 30.1. The van der Waals surface area contributed by atoms with Gasteiger partial charge in [0.05, 0.1) is 23.7 Å². The minimum absolute atomic E-state index is 0.0175. The van der Waals surface area contributed by atoms with E-state index >= 15 is 0 Å². The van der Waals surface area contributed by atoms with E-state index in [-0.39, 0.29) is 16.9 Å². The van der Waals surface area contributed by atoms with Crippen molar-refractivity contribution in [2.75, 3.05) is 16.9 Å². The summed E-state index contributed by atoms with van der Waals surface area (Å²) in [6.45, 7) is 17.5. The van der Waals surface area contributed by atoms with Crippen molar-refractivity contribution in [2.45, 2.75) is 90.5 Å². The van der Waals surface area contributed by atoms with Crippen LogP contribution in [0.3, 0.4) is 0 Å². The molecule has 0 fully saturated rings. The average Bonchev–Trinajstić information content (AvgIpc) is 2.96. The molecule has 0 aliphatic carbocycles. The van der Waals surface area contributed by atoms with Gasteiger partial charge in [0.1, 0.15) is 10.8 Å². The molecule has 1 atom stereocenters. The first-order valence-corrected chi connectivity index (χ1v) is 15.7. The van der Waals surface area contributed by atoms with E-state index in [0.717, 1.165) is 46.3 Å². The highest BCUT2D eigenvalue weighted by Gasteiger charge is 2.20. The van der Waals surface area contributed by atoms with E-state index < -0.39 is 0 Å². The number of aryl methyl sites for hydroxylation is 1. The van der Waals surface area contributed by atoms with Gasteiger partial charge in [-0.1, -0.05) is 64.4 Å². The lowest BCUT2D eigenvalue weighted by molar-refractivity contribution is 0.243. The van der Waals surface area contributed by atoms with Crippen molar-refractivity contribution >= 4 is 52.1 Å². The van der Waals surface area contributed by atoms with Gasteiger partial charge in [-0.25, -0.2) is 10.0 Å². The van der Waals surface area contributed by atoms with E-state index in [1.54, 1.807) is 11.8 Å². The first-order chi connectivity index (χ1) is 19.7. The van der Waals surface area contributed by atoms with Gasteiger partial charge in [-0.05, 0) is 81.1 Å². The van der Waals surface area contributed by atoms with E-state index in [9.17, 15) is 5.21 Å². The van der Waals surface area contributed by atoms with Gasteiger partial charge in [-0.2, -0.15) is 4.98 Å². The molecule has 3 aromatic rings. The molecule has 9 heteroatoms. The molecule has 4 rings (SSSR count). The van der Waals surface area contributed by atoms with Gasteiger partial charge in [0.2, 0.25) is 5.95 Å². The SMILES string of the molecule is CC.CC[C@H]1C=C(c2cc(OC(C)C)c(Nc3ncc(Cl)c(N(O)c4ccccc4SC(C)C)n3)cc2C)CCN1. The van der Waals surface area contributed by atoms with Gasteiger partial charge >= 0.3 is 0 Å². The molecular weight excluding hydrogens is 554 g/mol. The summed E-state index contributed by atoms with van der Waals surface area (Å²) < 4.78 is 6.23. The summed E-state index contributed by atoms with van der Waals surface area (Å²) in [5.74, 6) is 1.21. The topological polar surface area (TPSA) is 82.5 Å². The number of ether oxygens (including phenoxy) is 1. The Kier molecular flexibility index (Phi) is 12.3. The van der Waals surface area contributed by atoms with Gasteiger partial charge in [0, 0.05) is 16.2 Å². The third-order valence-corrected chi connectivity index (χ3v) is 7.64. The maximum absolute atomic E-state index is 11.2. The lowest BCUT2D eigenvalue weighted by atomic mass is 9.92. The van der Waals surface area contributed by atoms with Gasteiger partial charge in [0.25, 0.3) is 0 Å². The largest absolute Gasteiger partial charge is 0.489 e. The lowest BCUT2D eigenvalue weighted by Gasteiger charge is -2.25. The van der Waals surface area contributed by atoms with E-state index in [2.05, 4.69) is 66.5 Å². The van der Waals surface area contributed by atoms with E-state index in [1.807, 2.05) is 52.0 Å². The van der Waals surface area contributed by atoms with Crippen LogP contribution in [0, 0.1) is 6.92 Å². The predicted octanol–water partition coefficient (Wildman–Crippen LogP) is 9.18. The smallest absolute Gasteiger partial charge is 0.229 e. The van der Waals surface area contributed by atoms with Crippen LogP contribution in [0.5, 0.6) is 5.75 Å². The molecule has 0 amide bonds. The van der Waals surface area contributed by atoms with Gasteiger partial charge < -0.3 is 15.4 Å². The number of anilines is 4. The number of nitrogens with one attached hydrogen (secondary N) is 2. The van der Waals surface area contributed by atoms with Crippen molar-refractivity contribution in [3.05, 3.63) is 64.8 Å². The maximum Gasteiger partial charge on any atom is 0.229 e. The summed E-state index contributed by atoms with van der Waals surface area (Å²) in [6.07, 6.45) is 5.82. The summed E-state index contributed by atoms with van der Waals surface area (Å²) in [5, 5.41) is 19.6. The van der Waals surface area contributed by atoms with Crippen molar-refractivity contribution < 1.29 is 9.94 Å². The number of aromatic nitrogens is 2. The Labute approximate surface area is 254 Å². The van der Waals surface area contributed by atoms with Crippen molar-refractivity contribution in [3.63, 3.8) is 0 Å². The fourth-order valence-corrected chi connectivity index (χ4v) is 5.65. The second kappa shape index (κ2) is 15.4. The van der Waals surface area contributed by atoms with Crippen LogP contribution in [-0.4, -0.2) is 39.1 Å². The Bertz CT molecular complexity index is 1330. The normalized spacial score (nSPS) is 14.8. The van der Waals surface area contributed by atoms with Crippen LogP contribution in [0.1, 0.15) is 72.4 Å². The third kappa shape index (κ3) is 8.61. The molecule has 0 spiro atoms. The molecule has 1 aliphatic rings. The summed E-state index contributed by atoms with van der Waals surface area (Å²) in [5.41, 5.74) is 5.01. The molecule has 0 saturated heterocycles. The molecule has 222 valence electrons. The Morgan fingerprint density at radius 2 is 1.93 bits per heavy atom. The predicted molar refractivity (Wildman–Crippen MR) is 175 cm³/mol. The fraction of sp³-hybridized carbons (Fsp3) is 0.438. The number of benzene rings is 2. The molecule has 2 aromatic carbocycles. The van der Waals surface area contributed by atoms with Crippen molar-refractivity contribution in [1.82, 2.24) is 15.3 Å². The monoisotopic (exact) mass is 597 g/mol. The number of hydrogen-bond acceptors (Lipinski definition) is 8. The summed E-state index contributed by atoms with van der Waals surface area (Å²) in [6, 6.07) is 12.2. The zero-order valence-electron chi connectivity index (χ0n) is 25.5. The zero-order valence-corrected chi connectivity index (χ0v) is 27.0. The van der Waals surface area contributed by atoms with Crippen LogP contribution in [0.4, 0.5) is 23.1 Å². The van der Waals surface area contributed by atoms with Crippen molar-refractivity contribution in [2.24, 2.45) is 0 Å². The molecule has 7 nitrogen and oxygen atoms in total. The summed E-state index contributed by atoms with van der Waals surface area (Å²) in [7, 11) is 0. The van der Waals surface area contributed by atoms with Crippen LogP contribution in [0.2, 0.25) is 5.02 Å². The molecule has 41 heavy (non-hydrogen) atoms. The molecule has 0 saturated carbocycles. The highest BCUT2D eigenvalue weighted by Crippen LogP contribution is 2.39. The molecule has 0 bridgehead atoms. The second-order valence-electron chi connectivity index (χ2n) is 10.2.